The zero-order valence-electron chi connectivity index (χ0n) is 19.4. The van der Waals surface area contributed by atoms with E-state index >= 15 is 0 Å². The third-order valence-electron chi connectivity index (χ3n) is 9.45. The molecule has 7 heteroatoms. The molecule has 0 unspecified atom stereocenters. The second kappa shape index (κ2) is 6.48. The quantitative estimate of drug-likeness (QED) is 0.533. The summed E-state index contributed by atoms with van der Waals surface area (Å²) < 4.78 is 17.5. The first kappa shape index (κ1) is 21.7. The molecule has 7 nitrogen and oxygen atoms in total. The molecule has 0 aromatic heterocycles. The molecule has 32 heavy (non-hydrogen) atoms. The standard InChI is InChI=1S/C25H32O7/c1-22(2)7-6-17(27)24(4)16-10-13-19(32-23(16,3)8-9-25(22,24)29)14(11-26)15-12-31-21(28)18(15)20(13)30-5/h11,16-17,27,29H,6-10,12H2,1-5H3/t16-,17+,23+,24-,25+/m0/s1. The monoisotopic (exact) mass is 444 g/mol. The van der Waals surface area contributed by atoms with Crippen LogP contribution in [-0.4, -0.2) is 46.9 Å². The molecule has 5 rings (SSSR count). The van der Waals surface area contributed by atoms with Crippen LogP contribution in [0.25, 0.3) is 0 Å². The zero-order valence-corrected chi connectivity index (χ0v) is 19.4. The van der Waals surface area contributed by atoms with E-state index in [0.717, 1.165) is 12.7 Å². The number of aldehydes is 1. The lowest BCUT2D eigenvalue weighted by Crippen LogP contribution is -2.74. The first-order valence-electron chi connectivity index (χ1n) is 11.4. The van der Waals surface area contributed by atoms with Crippen molar-refractivity contribution < 1.29 is 34.0 Å². The van der Waals surface area contributed by atoms with E-state index in [1.807, 2.05) is 13.8 Å². The van der Waals surface area contributed by atoms with Gasteiger partial charge >= 0.3 is 5.97 Å². The zero-order chi connectivity index (χ0) is 23.3. The summed E-state index contributed by atoms with van der Waals surface area (Å²) in [5.74, 6) is 0.0413. The fourth-order valence-electron chi connectivity index (χ4n) is 7.42. The first-order chi connectivity index (χ1) is 14.9. The Morgan fingerprint density at radius 3 is 2.50 bits per heavy atom. The first-order valence-corrected chi connectivity index (χ1v) is 11.4. The van der Waals surface area contributed by atoms with Gasteiger partial charge in [-0.3, -0.25) is 4.79 Å². The van der Waals surface area contributed by atoms with E-state index in [9.17, 15) is 19.8 Å². The van der Waals surface area contributed by atoms with Crippen LogP contribution in [0.1, 0.15) is 85.2 Å². The maximum Gasteiger partial charge on any atom is 0.342 e. The minimum atomic E-state index is -1.08. The van der Waals surface area contributed by atoms with E-state index in [4.69, 9.17) is 14.2 Å². The third-order valence-corrected chi connectivity index (χ3v) is 9.45. The van der Waals surface area contributed by atoms with Gasteiger partial charge in [-0.05, 0) is 44.4 Å². The van der Waals surface area contributed by atoms with Crippen molar-refractivity contribution in [3.8, 4) is 11.5 Å². The van der Waals surface area contributed by atoms with Gasteiger partial charge in [-0.25, -0.2) is 4.79 Å². The number of hydrogen-bond acceptors (Lipinski definition) is 7. The Hall–Kier alpha value is -2.12. The Labute approximate surface area is 188 Å². The van der Waals surface area contributed by atoms with Crippen molar-refractivity contribution in [2.24, 2.45) is 16.7 Å². The fourth-order valence-corrected chi connectivity index (χ4v) is 7.42. The van der Waals surface area contributed by atoms with Gasteiger partial charge < -0.3 is 24.4 Å². The van der Waals surface area contributed by atoms with Gasteiger partial charge in [0.1, 0.15) is 29.3 Å². The summed E-state index contributed by atoms with van der Waals surface area (Å²) in [4.78, 5) is 24.6. The average molecular weight is 445 g/mol. The normalized spacial score (nSPS) is 39.0. The summed E-state index contributed by atoms with van der Waals surface area (Å²) in [6.07, 6.45) is 2.86. The number of fused-ring (bicyclic) bond motifs is 5. The predicted molar refractivity (Wildman–Crippen MR) is 115 cm³/mol. The number of ether oxygens (including phenoxy) is 3. The van der Waals surface area contributed by atoms with Crippen LogP contribution < -0.4 is 9.47 Å². The van der Waals surface area contributed by atoms with Crippen molar-refractivity contribution in [2.75, 3.05) is 7.11 Å². The van der Waals surface area contributed by atoms with Crippen LogP contribution >= 0.6 is 0 Å². The summed E-state index contributed by atoms with van der Waals surface area (Å²) in [7, 11) is 1.49. The molecule has 4 aliphatic rings. The van der Waals surface area contributed by atoms with Gasteiger partial charge in [0.25, 0.3) is 0 Å². The summed E-state index contributed by atoms with van der Waals surface area (Å²) in [6, 6.07) is 0. The van der Waals surface area contributed by atoms with Crippen molar-refractivity contribution in [1.82, 2.24) is 0 Å². The summed E-state index contributed by atoms with van der Waals surface area (Å²) in [5.41, 5.74) is -1.25. The highest BCUT2D eigenvalue weighted by Gasteiger charge is 2.71. The van der Waals surface area contributed by atoms with Gasteiger partial charge in [0.2, 0.25) is 0 Å². The molecule has 0 amide bonds. The van der Waals surface area contributed by atoms with Gasteiger partial charge in [-0.2, -0.15) is 0 Å². The average Bonchev–Trinajstić information content (AvgIpc) is 3.12. The molecular weight excluding hydrogens is 412 g/mol. The number of hydrogen-bond donors (Lipinski definition) is 2. The van der Waals surface area contributed by atoms with Crippen molar-refractivity contribution in [3.63, 3.8) is 0 Å². The van der Waals surface area contributed by atoms with E-state index in [1.165, 1.54) is 7.11 Å². The second-order valence-corrected chi connectivity index (χ2v) is 11.1. The van der Waals surface area contributed by atoms with Gasteiger partial charge in [0, 0.05) is 22.5 Å². The maximum atomic E-state index is 12.5. The predicted octanol–water partition coefficient (Wildman–Crippen LogP) is 3.20. The van der Waals surface area contributed by atoms with Gasteiger partial charge in [-0.1, -0.05) is 20.8 Å². The number of rotatable bonds is 2. The van der Waals surface area contributed by atoms with Gasteiger partial charge in [0.15, 0.2) is 6.29 Å². The lowest BCUT2D eigenvalue weighted by molar-refractivity contribution is -0.295. The SMILES string of the molecule is COc1c2c(c(C=O)c3c1C(=O)OC3)O[C@]1(C)CC[C@@]3(O)C(C)(C)CC[C@@H](O)[C@]3(C)[C@H]1C2. The van der Waals surface area contributed by atoms with Crippen molar-refractivity contribution >= 4 is 12.3 Å². The van der Waals surface area contributed by atoms with Crippen LogP contribution in [0.5, 0.6) is 11.5 Å². The smallest absolute Gasteiger partial charge is 0.342 e. The molecule has 0 bridgehead atoms. The molecule has 2 aliphatic carbocycles. The Balaban J connectivity index is 1.74. The lowest BCUT2D eigenvalue weighted by atomic mass is 9.41. The third kappa shape index (κ3) is 2.34. The van der Waals surface area contributed by atoms with Crippen LogP contribution in [0.3, 0.4) is 0 Å². The number of aliphatic hydroxyl groups excluding tert-OH is 1. The molecule has 2 N–H and O–H groups in total. The number of carbonyl (C=O) groups is 2. The molecule has 2 fully saturated rings. The topological polar surface area (TPSA) is 102 Å². The number of cyclic esters (lactones) is 1. The molecule has 0 saturated heterocycles. The van der Waals surface area contributed by atoms with Crippen molar-refractivity contribution in [1.29, 1.82) is 0 Å². The number of aliphatic hydroxyl groups is 2. The summed E-state index contributed by atoms with van der Waals surface area (Å²) in [5, 5.41) is 23.4. The molecule has 0 spiro atoms. The minimum absolute atomic E-state index is 0.0136. The largest absolute Gasteiger partial charge is 0.495 e. The molecule has 5 atom stereocenters. The Kier molecular flexibility index (Phi) is 4.39. The van der Waals surface area contributed by atoms with Crippen LogP contribution in [-0.2, 0) is 17.8 Å². The highest BCUT2D eigenvalue weighted by Crippen LogP contribution is 2.67. The molecule has 174 valence electrons. The Morgan fingerprint density at radius 1 is 1.12 bits per heavy atom. The second-order valence-electron chi connectivity index (χ2n) is 11.1. The van der Waals surface area contributed by atoms with Crippen LogP contribution in [0.15, 0.2) is 0 Å². The van der Waals surface area contributed by atoms with Crippen LogP contribution in [0.4, 0.5) is 0 Å². The molecule has 1 aromatic carbocycles. The van der Waals surface area contributed by atoms with Crippen molar-refractivity contribution in [2.45, 2.75) is 83.7 Å². The molecular formula is C25H32O7. The van der Waals surface area contributed by atoms with E-state index in [0.29, 0.717) is 53.9 Å². The lowest BCUT2D eigenvalue weighted by Gasteiger charge is -2.68. The van der Waals surface area contributed by atoms with Crippen LogP contribution in [0, 0.1) is 16.7 Å². The summed E-state index contributed by atoms with van der Waals surface area (Å²) >= 11 is 0. The number of methoxy groups -OCH3 is 1. The number of benzene rings is 1. The fraction of sp³-hybridized carbons (Fsp3) is 0.680. The molecule has 2 aliphatic heterocycles. The molecule has 2 saturated carbocycles. The number of carbonyl (C=O) groups excluding carboxylic acids is 2. The van der Waals surface area contributed by atoms with E-state index in [2.05, 4.69) is 13.8 Å². The summed E-state index contributed by atoms with van der Waals surface area (Å²) in [6.45, 7) is 8.15. The maximum absolute atomic E-state index is 12.5. The highest BCUT2D eigenvalue weighted by atomic mass is 16.5. The highest BCUT2D eigenvalue weighted by molar-refractivity contribution is 6.01. The molecule has 0 radical (unpaired) electrons. The Morgan fingerprint density at radius 2 is 1.84 bits per heavy atom. The van der Waals surface area contributed by atoms with Gasteiger partial charge in [0.05, 0.1) is 24.4 Å². The van der Waals surface area contributed by atoms with Gasteiger partial charge in [-0.15, -0.1) is 0 Å². The number of esters is 1. The van der Waals surface area contributed by atoms with E-state index in [-0.39, 0.29) is 23.5 Å². The molecule has 2 heterocycles. The minimum Gasteiger partial charge on any atom is -0.495 e. The van der Waals surface area contributed by atoms with Crippen LogP contribution in [0.2, 0.25) is 0 Å². The Bertz CT molecular complexity index is 1030. The molecule has 1 aromatic rings. The van der Waals surface area contributed by atoms with Crippen molar-refractivity contribution in [3.05, 3.63) is 22.3 Å². The van der Waals surface area contributed by atoms with E-state index in [1.54, 1.807) is 0 Å². The van der Waals surface area contributed by atoms with E-state index < -0.39 is 28.7 Å².